The minimum Gasteiger partial charge on any atom is -0.322 e. The topological polar surface area (TPSA) is 49.4 Å². The second kappa shape index (κ2) is 7.90. The third-order valence-corrected chi connectivity index (χ3v) is 5.92. The van der Waals surface area contributed by atoms with Gasteiger partial charge in [-0.05, 0) is 48.4 Å². The maximum atomic E-state index is 12.6. The number of anilines is 2. The Bertz CT molecular complexity index is 1020. The number of amides is 2. The molecule has 1 atom stereocenters. The summed E-state index contributed by atoms with van der Waals surface area (Å²) in [6.07, 6.45) is 0. The fourth-order valence-corrected chi connectivity index (χ4v) is 4.49. The number of para-hydroxylation sites is 1. The Morgan fingerprint density at radius 1 is 1.00 bits per heavy atom. The molecule has 1 unspecified atom stereocenters. The number of hydrogen-bond acceptors (Lipinski definition) is 3. The van der Waals surface area contributed by atoms with Gasteiger partial charge in [-0.2, -0.15) is 0 Å². The number of hydrogen-bond donors (Lipinski definition) is 1. The fraction of sp³-hybridized carbons (Fsp3) is 0.130. The van der Waals surface area contributed by atoms with Gasteiger partial charge in [-0.1, -0.05) is 48.5 Å². The van der Waals surface area contributed by atoms with Crippen LogP contribution in [0.1, 0.15) is 26.9 Å². The zero-order chi connectivity index (χ0) is 19.5. The van der Waals surface area contributed by atoms with Crippen LogP contribution in [0.4, 0.5) is 11.4 Å². The Morgan fingerprint density at radius 3 is 2.54 bits per heavy atom. The number of thioether (sulfide) groups is 1. The van der Waals surface area contributed by atoms with Crippen LogP contribution in [0.2, 0.25) is 0 Å². The highest BCUT2D eigenvalue weighted by Crippen LogP contribution is 2.43. The predicted molar refractivity (Wildman–Crippen MR) is 115 cm³/mol. The number of benzene rings is 3. The zero-order valence-corrected chi connectivity index (χ0v) is 16.3. The summed E-state index contributed by atoms with van der Waals surface area (Å²) in [5.41, 5.74) is 4.32. The Kier molecular flexibility index (Phi) is 5.17. The van der Waals surface area contributed by atoms with Crippen LogP contribution in [0.25, 0.3) is 0 Å². The predicted octanol–water partition coefficient (Wildman–Crippen LogP) is 5.03. The molecule has 2 amide bonds. The summed E-state index contributed by atoms with van der Waals surface area (Å²) in [6.45, 7) is 2.01. The van der Waals surface area contributed by atoms with Crippen LogP contribution in [0.3, 0.4) is 0 Å². The molecule has 0 bridgehead atoms. The van der Waals surface area contributed by atoms with E-state index in [1.54, 1.807) is 23.9 Å². The Hall–Kier alpha value is -3.05. The van der Waals surface area contributed by atoms with Crippen molar-refractivity contribution in [2.75, 3.05) is 16.0 Å². The summed E-state index contributed by atoms with van der Waals surface area (Å²) in [5.74, 6) is 0.395. The van der Waals surface area contributed by atoms with Crippen LogP contribution >= 0.6 is 11.8 Å². The average Bonchev–Trinajstić information content (AvgIpc) is 3.10. The molecule has 3 aromatic carbocycles. The average molecular weight is 388 g/mol. The van der Waals surface area contributed by atoms with E-state index in [1.807, 2.05) is 78.6 Å². The van der Waals surface area contributed by atoms with Gasteiger partial charge in [-0.3, -0.25) is 14.5 Å². The van der Waals surface area contributed by atoms with Crippen molar-refractivity contribution in [3.63, 3.8) is 0 Å². The largest absolute Gasteiger partial charge is 0.322 e. The lowest BCUT2D eigenvalue weighted by Gasteiger charge is -2.26. The fourth-order valence-electron chi connectivity index (χ4n) is 3.33. The summed E-state index contributed by atoms with van der Waals surface area (Å²) in [6, 6.07) is 24.8. The first kappa shape index (κ1) is 18.3. The molecule has 1 fully saturated rings. The molecular formula is C23H20N2O2S. The highest BCUT2D eigenvalue weighted by Gasteiger charge is 2.34. The molecule has 140 valence electrons. The van der Waals surface area contributed by atoms with Crippen molar-refractivity contribution >= 4 is 35.0 Å². The van der Waals surface area contributed by atoms with Gasteiger partial charge in [0, 0.05) is 16.9 Å². The van der Waals surface area contributed by atoms with E-state index in [0.717, 1.165) is 22.5 Å². The van der Waals surface area contributed by atoms with E-state index < -0.39 is 0 Å². The van der Waals surface area contributed by atoms with Crippen molar-refractivity contribution in [1.29, 1.82) is 0 Å². The maximum absolute atomic E-state index is 12.6. The van der Waals surface area contributed by atoms with Gasteiger partial charge in [0.25, 0.3) is 5.91 Å². The Morgan fingerprint density at radius 2 is 1.75 bits per heavy atom. The van der Waals surface area contributed by atoms with Gasteiger partial charge in [0.2, 0.25) is 5.91 Å². The Balaban J connectivity index is 1.61. The molecule has 0 radical (unpaired) electrons. The number of nitrogens with zero attached hydrogens (tertiary/aromatic N) is 1. The second-order valence-electron chi connectivity index (χ2n) is 6.66. The normalized spacial score (nSPS) is 16.2. The number of nitrogens with one attached hydrogen (secondary N) is 1. The summed E-state index contributed by atoms with van der Waals surface area (Å²) in [7, 11) is 0. The van der Waals surface area contributed by atoms with Gasteiger partial charge in [0.1, 0.15) is 5.37 Å². The lowest BCUT2D eigenvalue weighted by molar-refractivity contribution is -0.115. The summed E-state index contributed by atoms with van der Waals surface area (Å²) in [5, 5.41) is 2.84. The van der Waals surface area contributed by atoms with Crippen LogP contribution in [-0.2, 0) is 4.79 Å². The third-order valence-electron chi connectivity index (χ3n) is 4.71. The lowest BCUT2D eigenvalue weighted by atomic mass is 10.1. The molecule has 28 heavy (non-hydrogen) atoms. The highest BCUT2D eigenvalue weighted by molar-refractivity contribution is 8.00. The van der Waals surface area contributed by atoms with Crippen molar-refractivity contribution in [3.05, 3.63) is 95.6 Å². The van der Waals surface area contributed by atoms with Crippen LogP contribution in [0.5, 0.6) is 0 Å². The highest BCUT2D eigenvalue weighted by atomic mass is 32.2. The molecule has 0 aliphatic carbocycles. The lowest BCUT2D eigenvalue weighted by Crippen LogP contribution is -2.28. The molecule has 4 nitrogen and oxygen atoms in total. The van der Waals surface area contributed by atoms with Crippen molar-refractivity contribution in [3.8, 4) is 0 Å². The smallest absolute Gasteiger partial charge is 0.255 e. The standard InChI is InChI=1S/C23H20N2O2S/c1-16-8-5-6-13-20(16)25-21(26)15-28-23(25)18-11-7-12-19(14-18)24-22(27)17-9-3-2-4-10-17/h2-14,23H,15H2,1H3,(H,24,27). The molecule has 1 aliphatic heterocycles. The van der Waals surface area contributed by atoms with E-state index in [9.17, 15) is 9.59 Å². The quantitative estimate of drug-likeness (QED) is 0.682. The molecule has 1 saturated heterocycles. The minimum absolute atomic E-state index is 0.100. The van der Waals surface area contributed by atoms with E-state index in [-0.39, 0.29) is 17.2 Å². The Labute approximate surface area is 168 Å². The molecule has 0 spiro atoms. The molecule has 1 N–H and O–H groups in total. The van der Waals surface area contributed by atoms with Gasteiger partial charge < -0.3 is 5.32 Å². The zero-order valence-electron chi connectivity index (χ0n) is 15.5. The monoisotopic (exact) mass is 388 g/mol. The van der Waals surface area contributed by atoms with Crippen molar-refractivity contribution in [1.82, 2.24) is 0 Å². The number of rotatable bonds is 4. The van der Waals surface area contributed by atoms with Gasteiger partial charge in [-0.15, -0.1) is 11.8 Å². The number of carbonyl (C=O) groups is 2. The summed E-state index contributed by atoms with van der Waals surface area (Å²) in [4.78, 5) is 26.9. The van der Waals surface area contributed by atoms with Crippen LogP contribution < -0.4 is 10.2 Å². The summed E-state index contributed by atoms with van der Waals surface area (Å²) < 4.78 is 0. The van der Waals surface area contributed by atoms with Gasteiger partial charge in [0.05, 0.1) is 5.75 Å². The molecule has 3 aromatic rings. The first-order chi connectivity index (χ1) is 13.6. The second-order valence-corrected chi connectivity index (χ2v) is 7.73. The van der Waals surface area contributed by atoms with E-state index in [4.69, 9.17) is 0 Å². The van der Waals surface area contributed by atoms with Gasteiger partial charge in [0.15, 0.2) is 0 Å². The van der Waals surface area contributed by atoms with E-state index in [2.05, 4.69) is 5.32 Å². The molecule has 5 heteroatoms. The van der Waals surface area contributed by atoms with Crippen molar-refractivity contribution < 1.29 is 9.59 Å². The van der Waals surface area contributed by atoms with Crippen molar-refractivity contribution in [2.45, 2.75) is 12.3 Å². The van der Waals surface area contributed by atoms with Gasteiger partial charge >= 0.3 is 0 Å². The van der Waals surface area contributed by atoms with Gasteiger partial charge in [-0.25, -0.2) is 0 Å². The van der Waals surface area contributed by atoms with E-state index in [0.29, 0.717) is 11.3 Å². The molecule has 0 saturated carbocycles. The molecular weight excluding hydrogens is 368 g/mol. The third kappa shape index (κ3) is 3.66. The number of carbonyl (C=O) groups excluding carboxylic acids is 2. The van der Waals surface area contributed by atoms with Crippen molar-refractivity contribution in [2.24, 2.45) is 0 Å². The minimum atomic E-state index is -0.149. The van der Waals surface area contributed by atoms with E-state index >= 15 is 0 Å². The maximum Gasteiger partial charge on any atom is 0.255 e. The first-order valence-electron chi connectivity index (χ1n) is 9.09. The van der Waals surface area contributed by atoms with E-state index in [1.165, 1.54) is 0 Å². The van der Waals surface area contributed by atoms with Crippen LogP contribution in [0, 0.1) is 6.92 Å². The SMILES string of the molecule is Cc1ccccc1N1C(=O)CSC1c1cccc(NC(=O)c2ccccc2)c1. The summed E-state index contributed by atoms with van der Waals surface area (Å²) >= 11 is 1.60. The molecule has 4 rings (SSSR count). The molecule has 1 heterocycles. The molecule has 0 aromatic heterocycles. The first-order valence-corrected chi connectivity index (χ1v) is 10.1. The van der Waals surface area contributed by atoms with Crippen LogP contribution in [-0.4, -0.2) is 17.6 Å². The number of aryl methyl sites for hydroxylation is 1. The van der Waals surface area contributed by atoms with Crippen LogP contribution in [0.15, 0.2) is 78.9 Å². The molecule has 1 aliphatic rings.